The van der Waals surface area contributed by atoms with Crippen molar-refractivity contribution in [3.8, 4) is 5.75 Å². The Morgan fingerprint density at radius 1 is 1.50 bits per heavy atom. The van der Waals surface area contributed by atoms with Gasteiger partial charge >= 0.3 is 5.97 Å². The van der Waals surface area contributed by atoms with Crippen molar-refractivity contribution in [3.05, 3.63) is 29.3 Å². The lowest BCUT2D eigenvalue weighted by Crippen LogP contribution is -2.02. The van der Waals surface area contributed by atoms with Gasteiger partial charge in [-0.2, -0.15) is 0 Å². The van der Waals surface area contributed by atoms with Crippen molar-refractivity contribution >= 4 is 5.97 Å². The van der Waals surface area contributed by atoms with Gasteiger partial charge in [0.25, 0.3) is 0 Å². The van der Waals surface area contributed by atoms with Gasteiger partial charge in [-0.05, 0) is 36.5 Å². The Balaban J connectivity index is 2.36. The molecular weight excluding hydrogens is 180 g/mol. The first-order valence-corrected chi connectivity index (χ1v) is 4.63. The summed E-state index contributed by atoms with van der Waals surface area (Å²) in [6.07, 6.45) is 2.34. The maximum atomic E-state index is 11.2. The van der Waals surface area contributed by atoms with Crippen LogP contribution in [0.4, 0.5) is 0 Å². The molecule has 1 fully saturated rings. The molecule has 1 aliphatic carbocycles. The fourth-order valence-corrected chi connectivity index (χ4v) is 1.50. The van der Waals surface area contributed by atoms with Crippen LogP contribution in [0.2, 0.25) is 0 Å². The first-order chi connectivity index (χ1) is 6.72. The van der Waals surface area contributed by atoms with Gasteiger partial charge in [-0.25, -0.2) is 4.79 Å². The third kappa shape index (κ3) is 1.58. The molecule has 0 heterocycles. The second-order valence-electron chi connectivity index (χ2n) is 3.54. The summed E-state index contributed by atoms with van der Waals surface area (Å²) in [5, 5.41) is 9.44. The van der Waals surface area contributed by atoms with Crippen LogP contribution < -0.4 is 0 Å². The number of phenolic OH excluding ortho intramolecular Hbond substituents is 1. The maximum absolute atomic E-state index is 11.2. The summed E-state index contributed by atoms with van der Waals surface area (Å²) in [5.41, 5.74) is 1.38. The Hall–Kier alpha value is -1.51. The van der Waals surface area contributed by atoms with E-state index in [0.29, 0.717) is 5.92 Å². The van der Waals surface area contributed by atoms with Gasteiger partial charge in [0, 0.05) is 0 Å². The highest BCUT2D eigenvalue weighted by Gasteiger charge is 2.25. The van der Waals surface area contributed by atoms with Crippen LogP contribution in [0, 0.1) is 0 Å². The van der Waals surface area contributed by atoms with Crippen molar-refractivity contribution < 1.29 is 14.6 Å². The van der Waals surface area contributed by atoms with Gasteiger partial charge in [0.05, 0.1) is 7.11 Å². The largest absolute Gasteiger partial charge is 0.507 e. The first-order valence-electron chi connectivity index (χ1n) is 4.63. The molecule has 3 heteroatoms. The smallest absolute Gasteiger partial charge is 0.341 e. The highest BCUT2D eigenvalue weighted by molar-refractivity contribution is 5.92. The zero-order valence-electron chi connectivity index (χ0n) is 7.99. The third-order valence-corrected chi connectivity index (χ3v) is 2.47. The van der Waals surface area contributed by atoms with Gasteiger partial charge in [0.1, 0.15) is 11.3 Å². The summed E-state index contributed by atoms with van der Waals surface area (Å²) in [5.74, 6) is 0.0743. The molecule has 0 spiro atoms. The van der Waals surface area contributed by atoms with E-state index >= 15 is 0 Å². The fraction of sp³-hybridized carbons (Fsp3) is 0.364. The van der Waals surface area contributed by atoms with Crippen molar-refractivity contribution in [3.63, 3.8) is 0 Å². The standard InChI is InChI=1S/C11H12O3/c1-14-11(13)9-6-8(7-2-3-7)4-5-10(9)12/h4-7,12H,2-3H2,1H3. The molecular formula is C11H12O3. The average molecular weight is 192 g/mol. The Labute approximate surface area is 82.3 Å². The predicted octanol–water partition coefficient (Wildman–Crippen LogP) is 2.06. The number of hydrogen-bond donors (Lipinski definition) is 1. The van der Waals surface area contributed by atoms with Gasteiger partial charge in [-0.15, -0.1) is 0 Å². The lowest BCUT2D eigenvalue weighted by atomic mass is 10.1. The molecule has 0 amide bonds. The van der Waals surface area contributed by atoms with E-state index in [1.807, 2.05) is 6.07 Å². The zero-order chi connectivity index (χ0) is 10.1. The maximum Gasteiger partial charge on any atom is 0.341 e. The first kappa shape index (κ1) is 9.06. The van der Waals surface area contributed by atoms with Crippen LogP contribution >= 0.6 is 0 Å². The number of benzene rings is 1. The summed E-state index contributed by atoms with van der Waals surface area (Å²) in [7, 11) is 1.31. The minimum atomic E-state index is -0.481. The molecule has 0 saturated heterocycles. The molecule has 0 atom stereocenters. The predicted molar refractivity (Wildman–Crippen MR) is 51.4 cm³/mol. The summed E-state index contributed by atoms with van der Waals surface area (Å²) in [6, 6.07) is 5.14. The molecule has 1 saturated carbocycles. The molecule has 74 valence electrons. The average Bonchev–Trinajstić information content (AvgIpc) is 3.01. The second kappa shape index (κ2) is 3.33. The van der Waals surface area contributed by atoms with Crippen molar-refractivity contribution in [1.82, 2.24) is 0 Å². The second-order valence-corrected chi connectivity index (χ2v) is 3.54. The number of esters is 1. The number of aromatic hydroxyl groups is 1. The Bertz CT molecular complexity index is 367. The third-order valence-electron chi connectivity index (χ3n) is 2.47. The van der Waals surface area contributed by atoms with Crippen LogP contribution in [-0.2, 0) is 4.74 Å². The van der Waals surface area contributed by atoms with Crippen LogP contribution in [0.5, 0.6) is 5.75 Å². The van der Waals surface area contributed by atoms with Gasteiger partial charge in [0.2, 0.25) is 0 Å². The molecule has 1 aromatic carbocycles. The minimum Gasteiger partial charge on any atom is -0.507 e. The van der Waals surface area contributed by atoms with E-state index in [9.17, 15) is 9.90 Å². The molecule has 0 unspecified atom stereocenters. The molecule has 3 nitrogen and oxygen atoms in total. The molecule has 0 aromatic heterocycles. The number of hydrogen-bond acceptors (Lipinski definition) is 3. The zero-order valence-corrected chi connectivity index (χ0v) is 7.99. The van der Waals surface area contributed by atoms with Crippen LogP contribution in [0.25, 0.3) is 0 Å². The molecule has 1 aromatic rings. The van der Waals surface area contributed by atoms with Crippen LogP contribution in [-0.4, -0.2) is 18.2 Å². The summed E-state index contributed by atoms with van der Waals surface area (Å²) in [4.78, 5) is 11.2. The van der Waals surface area contributed by atoms with Gasteiger partial charge in [-0.3, -0.25) is 0 Å². The topological polar surface area (TPSA) is 46.5 Å². The molecule has 0 bridgehead atoms. The summed E-state index contributed by atoms with van der Waals surface area (Å²) in [6.45, 7) is 0. The normalized spacial score (nSPS) is 15.2. The minimum absolute atomic E-state index is 0.0127. The molecule has 2 rings (SSSR count). The monoisotopic (exact) mass is 192 g/mol. The van der Waals surface area contributed by atoms with Crippen LogP contribution in [0.15, 0.2) is 18.2 Å². The Kier molecular flexibility index (Phi) is 2.15. The summed E-state index contributed by atoms with van der Waals surface area (Å²) >= 11 is 0. The van der Waals surface area contributed by atoms with Crippen molar-refractivity contribution in [1.29, 1.82) is 0 Å². The SMILES string of the molecule is COC(=O)c1cc(C2CC2)ccc1O. The molecule has 1 N–H and O–H groups in total. The van der Waals surface area contributed by atoms with E-state index in [-0.39, 0.29) is 11.3 Å². The van der Waals surface area contributed by atoms with E-state index < -0.39 is 5.97 Å². The summed E-state index contributed by atoms with van der Waals surface area (Å²) < 4.78 is 4.57. The van der Waals surface area contributed by atoms with E-state index in [0.717, 1.165) is 5.56 Å². The van der Waals surface area contributed by atoms with E-state index in [4.69, 9.17) is 0 Å². The van der Waals surface area contributed by atoms with E-state index in [2.05, 4.69) is 4.74 Å². The van der Waals surface area contributed by atoms with Gasteiger partial charge < -0.3 is 9.84 Å². The van der Waals surface area contributed by atoms with Crippen molar-refractivity contribution in [2.24, 2.45) is 0 Å². The highest BCUT2D eigenvalue weighted by Crippen LogP contribution is 2.41. The molecule has 0 radical (unpaired) electrons. The van der Waals surface area contributed by atoms with E-state index in [1.54, 1.807) is 12.1 Å². The van der Waals surface area contributed by atoms with Crippen molar-refractivity contribution in [2.45, 2.75) is 18.8 Å². The number of carbonyl (C=O) groups excluding carboxylic acids is 1. The van der Waals surface area contributed by atoms with Gasteiger partial charge in [-0.1, -0.05) is 6.07 Å². The Morgan fingerprint density at radius 2 is 2.21 bits per heavy atom. The number of methoxy groups -OCH3 is 1. The quantitative estimate of drug-likeness (QED) is 0.729. The molecule has 1 aliphatic rings. The number of carbonyl (C=O) groups is 1. The lowest BCUT2D eigenvalue weighted by molar-refractivity contribution is 0.0597. The Morgan fingerprint density at radius 3 is 2.79 bits per heavy atom. The fourth-order valence-electron chi connectivity index (χ4n) is 1.50. The highest BCUT2D eigenvalue weighted by atomic mass is 16.5. The molecule has 0 aliphatic heterocycles. The number of rotatable bonds is 2. The lowest BCUT2D eigenvalue weighted by Gasteiger charge is -2.04. The van der Waals surface area contributed by atoms with Crippen LogP contribution in [0.1, 0.15) is 34.7 Å². The van der Waals surface area contributed by atoms with Crippen molar-refractivity contribution in [2.75, 3.05) is 7.11 Å². The van der Waals surface area contributed by atoms with E-state index in [1.165, 1.54) is 20.0 Å². The number of ether oxygens (including phenoxy) is 1. The van der Waals surface area contributed by atoms with Gasteiger partial charge in [0.15, 0.2) is 0 Å². The number of phenols is 1. The molecule has 14 heavy (non-hydrogen) atoms. The van der Waals surface area contributed by atoms with Crippen LogP contribution in [0.3, 0.4) is 0 Å².